The summed E-state index contributed by atoms with van der Waals surface area (Å²) in [6.45, 7) is 7.23. The summed E-state index contributed by atoms with van der Waals surface area (Å²) < 4.78 is 0.946. The molecule has 1 N–H and O–H groups in total. The van der Waals surface area contributed by atoms with Crippen molar-refractivity contribution in [1.29, 1.82) is 0 Å². The van der Waals surface area contributed by atoms with Crippen molar-refractivity contribution in [3.8, 4) is 0 Å². The van der Waals surface area contributed by atoms with Gasteiger partial charge >= 0.3 is 0 Å². The van der Waals surface area contributed by atoms with Crippen molar-refractivity contribution in [2.24, 2.45) is 5.92 Å². The highest BCUT2D eigenvalue weighted by molar-refractivity contribution is 7.16. The molecule has 0 saturated carbocycles. The average molecular weight is 299 g/mol. The monoisotopic (exact) mass is 298 g/mol. The molecular formula is C15H23ClN2S. The van der Waals surface area contributed by atoms with Crippen LogP contribution in [0, 0.1) is 5.92 Å². The molecule has 2 nitrogen and oxygen atoms in total. The van der Waals surface area contributed by atoms with Crippen molar-refractivity contribution >= 4 is 22.9 Å². The maximum Gasteiger partial charge on any atom is 0.0934 e. The van der Waals surface area contributed by atoms with Crippen LogP contribution in [0.15, 0.2) is 6.07 Å². The van der Waals surface area contributed by atoms with Crippen LogP contribution >= 0.6 is 22.9 Å². The molecule has 0 spiro atoms. The van der Waals surface area contributed by atoms with E-state index in [2.05, 4.69) is 23.2 Å². The average Bonchev–Trinajstić information content (AvgIpc) is 2.92. The minimum atomic E-state index is 0.544. The standard InChI is InChI=1S/C15H23ClN2S/c1-11-4-7-18(8-5-11)9-6-17-13-2-3-14-12(13)10-15(16)19-14/h10-11,13,17H,2-9H2,1H3. The fraction of sp³-hybridized carbons (Fsp3) is 0.733. The maximum atomic E-state index is 6.10. The van der Waals surface area contributed by atoms with E-state index < -0.39 is 0 Å². The second-order valence-corrected chi connectivity index (χ2v) is 7.77. The number of nitrogens with zero attached hydrogens (tertiary/aromatic N) is 1. The molecule has 19 heavy (non-hydrogen) atoms. The van der Waals surface area contributed by atoms with Crippen molar-refractivity contribution in [3.63, 3.8) is 0 Å². The van der Waals surface area contributed by atoms with E-state index in [1.807, 2.05) is 0 Å². The highest BCUT2D eigenvalue weighted by atomic mass is 35.5. The third-order valence-electron chi connectivity index (χ3n) is 4.54. The van der Waals surface area contributed by atoms with E-state index in [1.54, 1.807) is 11.3 Å². The molecule has 106 valence electrons. The molecule has 1 aliphatic carbocycles. The zero-order chi connectivity index (χ0) is 13.2. The van der Waals surface area contributed by atoms with Gasteiger partial charge < -0.3 is 10.2 Å². The van der Waals surface area contributed by atoms with Gasteiger partial charge in [0, 0.05) is 24.0 Å². The van der Waals surface area contributed by atoms with E-state index in [0.29, 0.717) is 6.04 Å². The van der Waals surface area contributed by atoms with Crippen molar-refractivity contribution in [3.05, 3.63) is 20.8 Å². The van der Waals surface area contributed by atoms with Crippen LogP contribution in [0.5, 0.6) is 0 Å². The largest absolute Gasteiger partial charge is 0.309 e. The van der Waals surface area contributed by atoms with E-state index >= 15 is 0 Å². The predicted molar refractivity (Wildman–Crippen MR) is 83.2 cm³/mol. The van der Waals surface area contributed by atoms with Gasteiger partial charge in [0.1, 0.15) is 0 Å². The van der Waals surface area contributed by atoms with Crippen LogP contribution in [0.1, 0.15) is 42.7 Å². The highest BCUT2D eigenvalue weighted by Gasteiger charge is 2.24. The normalized spacial score (nSPS) is 24.8. The van der Waals surface area contributed by atoms with Crippen molar-refractivity contribution in [2.45, 2.75) is 38.6 Å². The van der Waals surface area contributed by atoms with Crippen molar-refractivity contribution in [1.82, 2.24) is 10.2 Å². The Bertz CT molecular complexity index is 424. The molecule has 1 atom stereocenters. The van der Waals surface area contributed by atoms with Crippen LogP contribution in [0.4, 0.5) is 0 Å². The molecule has 3 rings (SSSR count). The third kappa shape index (κ3) is 3.33. The second kappa shape index (κ2) is 6.13. The Balaban J connectivity index is 1.43. The van der Waals surface area contributed by atoms with Gasteiger partial charge in [-0.15, -0.1) is 11.3 Å². The minimum Gasteiger partial charge on any atom is -0.309 e. The minimum absolute atomic E-state index is 0.544. The first-order valence-corrected chi connectivity index (χ1v) is 8.65. The molecule has 1 unspecified atom stereocenters. The van der Waals surface area contributed by atoms with Gasteiger partial charge in [-0.2, -0.15) is 0 Å². The Hall–Kier alpha value is -0.0900. The van der Waals surface area contributed by atoms with Gasteiger partial charge in [-0.05, 0) is 56.3 Å². The molecule has 0 aromatic carbocycles. The van der Waals surface area contributed by atoms with E-state index in [4.69, 9.17) is 11.6 Å². The highest BCUT2D eigenvalue weighted by Crippen LogP contribution is 2.39. The summed E-state index contributed by atoms with van der Waals surface area (Å²) in [7, 11) is 0. The fourth-order valence-corrected chi connectivity index (χ4v) is 4.58. The van der Waals surface area contributed by atoms with Crippen LogP contribution < -0.4 is 5.32 Å². The number of rotatable bonds is 4. The van der Waals surface area contributed by atoms with Crippen LogP contribution in [-0.4, -0.2) is 31.1 Å². The van der Waals surface area contributed by atoms with Gasteiger partial charge in [-0.25, -0.2) is 0 Å². The first-order valence-electron chi connectivity index (χ1n) is 7.46. The smallest absolute Gasteiger partial charge is 0.0934 e. The number of nitrogens with one attached hydrogen (secondary N) is 1. The Labute approximate surface area is 125 Å². The first kappa shape index (κ1) is 13.9. The molecule has 1 fully saturated rings. The van der Waals surface area contributed by atoms with Crippen molar-refractivity contribution < 1.29 is 0 Å². The first-order chi connectivity index (χ1) is 9.22. The number of hydrogen-bond acceptors (Lipinski definition) is 3. The van der Waals surface area contributed by atoms with E-state index in [0.717, 1.165) is 16.8 Å². The lowest BCUT2D eigenvalue weighted by molar-refractivity contribution is 0.191. The van der Waals surface area contributed by atoms with Crippen molar-refractivity contribution in [2.75, 3.05) is 26.2 Å². The van der Waals surface area contributed by atoms with Crippen LogP contribution in [0.3, 0.4) is 0 Å². The summed E-state index contributed by atoms with van der Waals surface area (Å²) in [5.74, 6) is 0.926. The van der Waals surface area contributed by atoms with Gasteiger partial charge in [0.05, 0.1) is 4.34 Å². The van der Waals surface area contributed by atoms with Crippen LogP contribution in [-0.2, 0) is 6.42 Å². The van der Waals surface area contributed by atoms with Gasteiger partial charge in [0.25, 0.3) is 0 Å². The van der Waals surface area contributed by atoms with Crippen LogP contribution in [0.2, 0.25) is 4.34 Å². The summed E-state index contributed by atoms with van der Waals surface area (Å²) in [6, 6.07) is 2.71. The zero-order valence-electron chi connectivity index (χ0n) is 11.6. The Kier molecular flexibility index (Phi) is 4.47. The summed E-state index contributed by atoms with van der Waals surface area (Å²) >= 11 is 7.85. The van der Waals surface area contributed by atoms with E-state index in [-0.39, 0.29) is 0 Å². The Morgan fingerprint density at radius 3 is 2.95 bits per heavy atom. The summed E-state index contributed by atoms with van der Waals surface area (Å²) in [5.41, 5.74) is 1.46. The quantitative estimate of drug-likeness (QED) is 0.911. The lowest BCUT2D eigenvalue weighted by atomic mass is 9.99. The zero-order valence-corrected chi connectivity index (χ0v) is 13.2. The topological polar surface area (TPSA) is 15.3 Å². The van der Waals surface area contributed by atoms with Gasteiger partial charge in [-0.3, -0.25) is 0 Å². The Morgan fingerprint density at radius 1 is 1.37 bits per heavy atom. The molecule has 0 bridgehead atoms. The van der Waals surface area contributed by atoms with E-state index in [1.165, 1.54) is 55.8 Å². The molecule has 2 heterocycles. The van der Waals surface area contributed by atoms with Gasteiger partial charge in [0.2, 0.25) is 0 Å². The summed E-state index contributed by atoms with van der Waals surface area (Å²) in [5, 5.41) is 3.72. The number of fused-ring (bicyclic) bond motifs is 1. The van der Waals surface area contributed by atoms with Crippen LogP contribution in [0.25, 0.3) is 0 Å². The molecule has 1 aromatic heterocycles. The molecule has 0 amide bonds. The summed E-state index contributed by atoms with van der Waals surface area (Å²) in [6.07, 6.45) is 5.18. The molecule has 4 heteroatoms. The molecule has 0 radical (unpaired) electrons. The lowest BCUT2D eigenvalue weighted by Crippen LogP contribution is -2.38. The number of thiophene rings is 1. The molecule has 2 aliphatic rings. The van der Waals surface area contributed by atoms with E-state index in [9.17, 15) is 0 Å². The fourth-order valence-electron chi connectivity index (χ4n) is 3.22. The number of likely N-dealkylation sites (tertiary alicyclic amines) is 1. The third-order valence-corrected chi connectivity index (χ3v) is 5.88. The predicted octanol–water partition coefficient (Wildman–Crippen LogP) is 3.71. The van der Waals surface area contributed by atoms with Gasteiger partial charge in [0.15, 0.2) is 0 Å². The number of hydrogen-bond donors (Lipinski definition) is 1. The molecular weight excluding hydrogens is 276 g/mol. The SMILES string of the molecule is CC1CCN(CCNC2CCc3sc(Cl)cc32)CC1. The van der Waals surface area contributed by atoms with Gasteiger partial charge in [-0.1, -0.05) is 18.5 Å². The second-order valence-electron chi connectivity index (χ2n) is 6.00. The lowest BCUT2D eigenvalue weighted by Gasteiger charge is -2.30. The number of piperidine rings is 1. The maximum absolute atomic E-state index is 6.10. The molecule has 1 aromatic rings. The number of aryl methyl sites for hydroxylation is 1. The molecule has 1 saturated heterocycles. The Morgan fingerprint density at radius 2 is 2.16 bits per heavy atom. The molecule has 1 aliphatic heterocycles. The number of halogens is 1. The summed E-state index contributed by atoms with van der Waals surface area (Å²) in [4.78, 5) is 4.10.